The van der Waals surface area contributed by atoms with E-state index >= 15 is 0 Å². The van der Waals surface area contributed by atoms with Crippen molar-refractivity contribution in [3.05, 3.63) is 0 Å². The SMILES string of the molecule is CCS(=O)(=O)N1CCC[C@@H]1C#N. The van der Waals surface area contributed by atoms with Crippen LogP contribution in [0, 0.1) is 11.3 Å². The number of sulfonamides is 1. The van der Waals surface area contributed by atoms with Crippen molar-refractivity contribution < 1.29 is 8.42 Å². The Labute approximate surface area is 72.8 Å². The van der Waals surface area contributed by atoms with Crippen molar-refractivity contribution in [2.75, 3.05) is 12.3 Å². The van der Waals surface area contributed by atoms with Gasteiger partial charge in [0, 0.05) is 6.54 Å². The van der Waals surface area contributed by atoms with Crippen LogP contribution in [0.2, 0.25) is 0 Å². The molecule has 0 unspecified atom stereocenters. The lowest BCUT2D eigenvalue weighted by Gasteiger charge is -2.17. The van der Waals surface area contributed by atoms with Gasteiger partial charge in [0.2, 0.25) is 10.0 Å². The summed E-state index contributed by atoms with van der Waals surface area (Å²) in [5.74, 6) is 0.0885. The van der Waals surface area contributed by atoms with Gasteiger partial charge in [-0.1, -0.05) is 0 Å². The summed E-state index contributed by atoms with van der Waals surface area (Å²) in [5.41, 5.74) is 0. The van der Waals surface area contributed by atoms with Crippen LogP contribution in [-0.2, 0) is 10.0 Å². The second-order valence-electron chi connectivity index (χ2n) is 2.80. The summed E-state index contributed by atoms with van der Waals surface area (Å²) in [7, 11) is -3.15. The summed E-state index contributed by atoms with van der Waals surface area (Å²) in [6.45, 7) is 2.11. The number of rotatable bonds is 2. The summed E-state index contributed by atoms with van der Waals surface area (Å²) < 4.78 is 24.0. The van der Waals surface area contributed by atoms with Gasteiger partial charge in [0.1, 0.15) is 6.04 Å². The van der Waals surface area contributed by atoms with Gasteiger partial charge in [-0.25, -0.2) is 8.42 Å². The second-order valence-corrected chi connectivity index (χ2v) is 5.01. The van der Waals surface area contributed by atoms with E-state index in [0.29, 0.717) is 13.0 Å². The van der Waals surface area contributed by atoms with Crippen LogP contribution in [0.4, 0.5) is 0 Å². The normalized spacial score (nSPS) is 25.5. The maximum Gasteiger partial charge on any atom is 0.215 e. The molecule has 0 saturated carbocycles. The molecule has 0 bridgehead atoms. The summed E-state index contributed by atoms with van der Waals surface area (Å²) in [5, 5.41) is 8.64. The molecule has 0 aromatic carbocycles. The summed E-state index contributed by atoms with van der Waals surface area (Å²) >= 11 is 0. The standard InChI is InChI=1S/C7H12N2O2S/c1-2-12(10,11)9-5-3-4-7(9)6-8/h7H,2-5H2,1H3/t7-/m1/s1. The summed E-state index contributed by atoms with van der Waals surface area (Å²) in [6.07, 6.45) is 1.48. The van der Waals surface area contributed by atoms with Crippen molar-refractivity contribution in [1.82, 2.24) is 4.31 Å². The predicted octanol–water partition coefficient (Wildman–Crippen LogP) is 0.324. The molecule has 0 spiro atoms. The molecular formula is C7H12N2O2S. The first kappa shape index (κ1) is 9.49. The van der Waals surface area contributed by atoms with E-state index in [1.165, 1.54) is 4.31 Å². The number of nitrogens with zero attached hydrogens (tertiary/aromatic N) is 2. The molecule has 1 fully saturated rings. The molecule has 0 aliphatic carbocycles. The zero-order valence-corrected chi connectivity index (χ0v) is 7.84. The Morgan fingerprint density at radius 3 is 2.83 bits per heavy atom. The molecule has 5 heteroatoms. The highest BCUT2D eigenvalue weighted by Crippen LogP contribution is 2.20. The summed E-state index contributed by atoms with van der Waals surface area (Å²) in [6, 6.07) is 1.58. The fraction of sp³-hybridized carbons (Fsp3) is 0.857. The van der Waals surface area contributed by atoms with Gasteiger partial charge in [-0.05, 0) is 19.8 Å². The van der Waals surface area contributed by atoms with Crippen LogP contribution in [-0.4, -0.2) is 31.1 Å². The van der Waals surface area contributed by atoms with Crippen LogP contribution in [0.1, 0.15) is 19.8 Å². The third-order valence-corrected chi connectivity index (χ3v) is 3.96. The van der Waals surface area contributed by atoms with Gasteiger partial charge in [0.05, 0.1) is 11.8 Å². The first-order valence-electron chi connectivity index (χ1n) is 4.01. The Morgan fingerprint density at radius 1 is 1.67 bits per heavy atom. The minimum atomic E-state index is -3.15. The third kappa shape index (κ3) is 1.59. The van der Waals surface area contributed by atoms with E-state index in [2.05, 4.69) is 0 Å². The molecule has 68 valence electrons. The van der Waals surface area contributed by atoms with E-state index in [1.54, 1.807) is 6.92 Å². The minimum absolute atomic E-state index is 0.0885. The van der Waals surface area contributed by atoms with E-state index < -0.39 is 16.1 Å². The van der Waals surface area contributed by atoms with Gasteiger partial charge in [-0.2, -0.15) is 9.57 Å². The monoisotopic (exact) mass is 188 g/mol. The van der Waals surface area contributed by atoms with Gasteiger partial charge < -0.3 is 0 Å². The van der Waals surface area contributed by atoms with Gasteiger partial charge in [0.15, 0.2) is 0 Å². The lowest BCUT2D eigenvalue weighted by Crippen LogP contribution is -2.35. The smallest absolute Gasteiger partial charge is 0.212 e. The lowest BCUT2D eigenvalue weighted by molar-refractivity contribution is 0.438. The van der Waals surface area contributed by atoms with Gasteiger partial charge in [-0.3, -0.25) is 0 Å². The Bertz CT molecular complexity index is 291. The van der Waals surface area contributed by atoms with Crippen molar-refractivity contribution >= 4 is 10.0 Å². The van der Waals surface area contributed by atoms with Crippen LogP contribution in [0.25, 0.3) is 0 Å². The first-order valence-corrected chi connectivity index (χ1v) is 5.62. The molecule has 1 saturated heterocycles. The predicted molar refractivity (Wildman–Crippen MR) is 44.8 cm³/mol. The van der Waals surface area contributed by atoms with E-state index in [9.17, 15) is 8.42 Å². The van der Waals surface area contributed by atoms with E-state index in [4.69, 9.17) is 5.26 Å². The Hall–Kier alpha value is -0.600. The van der Waals surface area contributed by atoms with Crippen molar-refractivity contribution in [2.45, 2.75) is 25.8 Å². The molecular weight excluding hydrogens is 176 g/mol. The molecule has 1 atom stereocenters. The molecule has 0 amide bonds. The fourth-order valence-corrected chi connectivity index (χ4v) is 2.65. The molecule has 1 aliphatic heterocycles. The van der Waals surface area contributed by atoms with E-state index in [1.807, 2.05) is 6.07 Å². The Balaban J connectivity index is 2.83. The van der Waals surface area contributed by atoms with Crippen molar-refractivity contribution in [3.63, 3.8) is 0 Å². The highest BCUT2D eigenvalue weighted by atomic mass is 32.2. The zero-order chi connectivity index (χ0) is 9.19. The van der Waals surface area contributed by atoms with Crippen LogP contribution in [0.3, 0.4) is 0 Å². The van der Waals surface area contributed by atoms with Crippen LogP contribution < -0.4 is 0 Å². The third-order valence-electron chi connectivity index (χ3n) is 2.07. The molecule has 0 aromatic heterocycles. The first-order chi connectivity index (χ1) is 5.61. The molecule has 12 heavy (non-hydrogen) atoms. The largest absolute Gasteiger partial charge is 0.215 e. The molecule has 1 rings (SSSR count). The molecule has 1 heterocycles. The topological polar surface area (TPSA) is 61.2 Å². The van der Waals surface area contributed by atoms with Gasteiger partial charge in [0.25, 0.3) is 0 Å². The zero-order valence-electron chi connectivity index (χ0n) is 7.02. The molecule has 1 aliphatic rings. The summed E-state index contributed by atoms with van der Waals surface area (Å²) in [4.78, 5) is 0. The van der Waals surface area contributed by atoms with E-state index in [-0.39, 0.29) is 5.75 Å². The molecule has 0 radical (unpaired) electrons. The van der Waals surface area contributed by atoms with Crippen molar-refractivity contribution in [1.29, 1.82) is 5.26 Å². The molecule has 4 nitrogen and oxygen atoms in total. The average Bonchev–Trinajstić information content (AvgIpc) is 2.52. The van der Waals surface area contributed by atoms with Gasteiger partial charge >= 0.3 is 0 Å². The fourth-order valence-electron chi connectivity index (χ4n) is 1.37. The highest BCUT2D eigenvalue weighted by Gasteiger charge is 2.32. The maximum absolute atomic E-state index is 11.3. The van der Waals surface area contributed by atoms with Crippen LogP contribution in [0.5, 0.6) is 0 Å². The minimum Gasteiger partial charge on any atom is -0.212 e. The van der Waals surface area contributed by atoms with Crippen LogP contribution in [0.15, 0.2) is 0 Å². The highest BCUT2D eigenvalue weighted by molar-refractivity contribution is 7.89. The van der Waals surface area contributed by atoms with Crippen LogP contribution >= 0.6 is 0 Å². The Kier molecular flexibility index (Phi) is 2.70. The van der Waals surface area contributed by atoms with Crippen molar-refractivity contribution in [3.8, 4) is 6.07 Å². The van der Waals surface area contributed by atoms with Crippen molar-refractivity contribution in [2.24, 2.45) is 0 Å². The molecule has 0 aromatic rings. The Morgan fingerprint density at radius 2 is 2.33 bits per heavy atom. The second kappa shape index (κ2) is 3.42. The van der Waals surface area contributed by atoms with Gasteiger partial charge in [-0.15, -0.1) is 0 Å². The van der Waals surface area contributed by atoms with E-state index in [0.717, 1.165) is 6.42 Å². The molecule has 0 N–H and O–H groups in total. The number of nitriles is 1. The number of hydrogen-bond acceptors (Lipinski definition) is 3. The number of hydrogen-bond donors (Lipinski definition) is 0. The quantitative estimate of drug-likeness (QED) is 0.627. The lowest BCUT2D eigenvalue weighted by atomic mass is 10.2. The average molecular weight is 188 g/mol. The maximum atomic E-state index is 11.3.